The Morgan fingerprint density at radius 1 is 1.12 bits per heavy atom. The Morgan fingerprint density at radius 2 is 1.79 bits per heavy atom. The van der Waals surface area contributed by atoms with E-state index >= 15 is 8.78 Å². The number of hydrazine groups is 1. The highest BCUT2D eigenvalue weighted by atomic mass is 32.1. The van der Waals surface area contributed by atoms with Crippen LogP contribution in [0, 0.1) is 23.0 Å². The van der Waals surface area contributed by atoms with Crippen molar-refractivity contribution in [2.45, 2.75) is 11.5 Å². The largest absolute Gasteiger partial charge is 0.456 e. The van der Waals surface area contributed by atoms with Crippen LogP contribution in [-0.4, -0.2) is 21.7 Å². The van der Waals surface area contributed by atoms with Gasteiger partial charge < -0.3 is 15.6 Å². The summed E-state index contributed by atoms with van der Waals surface area (Å²) in [6.07, 6.45) is 0.990. The summed E-state index contributed by atoms with van der Waals surface area (Å²) in [4.78, 5) is 3.68. The molecule has 1 heterocycles. The van der Waals surface area contributed by atoms with Crippen molar-refractivity contribution in [3.05, 3.63) is 89.2 Å². The van der Waals surface area contributed by atoms with Crippen LogP contribution in [-0.2, 0) is 11.5 Å². The van der Waals surface area contributed by atoms with Gasteiger partial charge in [0.2, 0.25) is 0 Å². The lowest BCUT2D eigenvalue weighted by atomic mass is 9.84. The predicted octanol–water partition coefficient (Wildman–Crippen LogP) is 3.34. The van der Waals surface area contributed by atoms with Gasteiger partial charge in [0.05, 0.1) is 24.4 Å². The summed E-state index contributed by atoms with van der Waals surface area (Å²) in [6, 6.07) is 11.9. The van der Waals surface area contributed by atoms with Gasteiger partial charge in [-0.3, -0.25) is 10.4 Å². The van der Waals surface area contributed by atoms with E-state index in [0.717, 1.165) is 18.3 Å². The topological polar surface area (TPSA) is 116 Å². The number of aliphatic hydroxyl groups is 1. The first-order chi connectivity index (χ1) is 16.1. The number of rotatable bonds is 8. The zero-order valence-corrected chi connectivity index (χ0v) is 18.0. The number of nitriles is 1. The molecule has 0 amide bonds. The lowest BCUT2D eigenvalue weighted by Gasteiger charge is -2.36. The average molecular weight is 491 g/mol. The number of benzene rings is 2. The first kappa shape index (κ1) is 24.8. The Kier molecular flexibility index (Phi) is 7.31. The minimum Gasteiger partial charge on any atom is -0.456 e. The molecule has 1 atom stereocenters. The number of nitrogens with zero attached hydrogens (tertiary/aromatic N) is 2. The van der Waals surface area contributed by atoms with Crippen molar-refractivity contribution in [2.24, 2.45) is 5.73 Å². The number of pyridine rings is 1. The van der Waals surface area contributed by atoms with E-state index in [1.54, 1.807) is 0 Å². The van der Waals surface area contributed by atoms with Crippen molar-refractivity contribution in [2.75, 3.05) is 6.54 Å². The molecule has 0 aliphatic carbocycles. The molecule has 5 N–H and O–H groups in total. The normalized spacial score (nSPS) is 12.9. The highest BCUT2D eigenvalue weighted by Crippen LogP contribution is 2.45. The Morgan fingerprint density at radius 3 is 2.35 bits per heavy atom. The standard InChI is InChI=1S/C22H17F4N5O2S/c23-14-3-7-17(18(24)9-14)21(32,12-30-31-20(28)34)22(25,26)19-8-6-16(11-29-19)33-15-4-1-13(10-27)2-5-15/h1-9,11,30,32H,12H2,(H3,28,31,34)/t21-/m1/s1. The van der Waals surface area contributed by atoms with Crippen LogP contribution in [0.1, 0.15) is 16.8 Å². The van der Waals surface area contributed by atoms with Crippen LogP contribution in [0.3, 0.4) is 0 Å². The van der Waals surface area contributed by atoms with Crippen LogP contribution in [0.2, 0.25) is 0 Å². The zero-order valence-electron chi connectivity index (χ0n) is 17.2. The molecular formula is C22H17F4N5O2S. The minimum atomic E-state index is -4.18. The van der Waals surface area contributed by atoms with E-state index in [9.17, 15) is 13.9 Å². The van der Waals surface area contributed by atoms with Crippen molar-refractivity contribution >= 4 is 17.3 Å². The van der Waals surface area contributed by atoms with Crippen molar-refractivity contribution < 1.29 is 27.4 Å². The second kappa shape index (κ2) is 10.0. The zero-order chi connectivity index (χ0) is 24.9. The summed E-state index contributed by atoms with van der Waals surface area (Å²) >= 11 is 4.58. The predicted molar refractivity (Wildman–Crippen MR) is 118 cm³/mol. The van der Waals surface area contributed by atoms with Crippen molar-refractivity contribution in [3.63, 3.8) is 0 Å². The van der Waals surface area contributed by atoms with E-state index in [0.29, 0.717) is 23.4 Å². The minimum absolute atomic E-state index is 0.0917. The van der Waals surface area contributed by atoms with E-state index in [2.05, 4.69) is 28.1 Å². The number of alkyl halides is 2. The third-order valence-electron chi connectivity index (χ3n) is 4.73. The first-order valence-corrected chi connectivity index (χ1v) is 9.96. The van der Waals surface area contributed by atoms with Crippen molar-refractivity contribution in [1.82, 2.24) is 15.8 Å². The number of nitrogens with two attached hydrogens (primary N) is 1. The second-order valence-corrected chi connectivity index (χ2v) is 7.46. The molecule has 34 heavy (non-hydrogen) atoms. The monoisotopic (exact) mass is 491 g/mol. The molecule has 0 bridgehead atoms. The van der Waals surface area contributed by atoms with Gasteiger partial charge in [0.25, 0.3) is 0 Å². The number of hydrogen-bond donors (Lipinski definition) is 4. The van der Waals surface area contributed by atoms with Crippen molar-refractivity contribution in [1.29, 1.82) is 5.26 Å². The molecule has 12 heteroatoms. The van der Waals surface area contributed by atoms with Gasteiger partial charge in [0.1, 0.15) is 28.8 Å². The van der Waals surface area contributed by atoms with E-state index in [-0.39, 0.29) is 10.9 Å². The van der Waals surface area contributed by atoms with Gasteiger partial charge in [-0.05, 0) is 54.7 Å². The average Bonchev–Trinajstić information content (AvgIpc) is 2.79. The number of thiocarbonyl (C=S) groups is 1. The van der Waals surface area contributed by atoms with E-state index in [1.807, 2.05) is 6.07 Å². The number of halogens is 4. The maximum atomic E-state index is 15.6. The number of hydrogen-bond acceptors (Lipinski definition) is 6. The Bertz CT molecular complexity index is 1220. The smallest absolute Gasteiger partial charge is 0.323 e. The molecule has 0 saturated carbocycles. The molecule has 0 radical (unpaired) electrons. The molecule has 0 aliphatic rings. The summed E-state index contributed by atoms with van der Waals surface area (Å²) in [6.45, 7) is -0.981. The molecule has 1 aromatic heterocycles. The van der Waals surface area contributed by atoms with Crippen LogP contribution in [0.5, 0.6) is 11.5 Å². The van der Waals surface area contributed by atoms with Gasteiger partial charge in [-0.25, -0.2) is 14.2 Å². The van der Waals surface area contributed by atoms with Gasteiger partial charge in [-0.2, -0.15) is 14.0 Å². The summed E-state index contributed by atoms with van der Waals surface area (Å²) in [5.74, 6) is -6.15. The fourth-order valence-electron chi connectivity index (χ4n) is 3.03. The summed E-state index contributed by atoms with van der Waals surface area (Å²) in [7, 11) is 0. The molecule has 3 aromatic rings. The number of ether oxygens (including phenoxy) is 1. The van der Waals surface area contributed by atoms with Gasteiger partial charge in [-0.15, -0.1) is 0 Å². The second-order valence-electron chi connectivity index (χ2n) is 7.02. The Balaban J connectivity index is 1.93. The quantitative estimate of drug-likeness (QED) is 0.215. The third kappa shape index (κ3) is 5.23. The molecule has 0 spiro atoms. The van der Waals surface area contributed by atoms with Crippen LogP contribution in [0.15, 0.2) is 60.8 Å². The Labute approximate surface area is 196 Å². The fourth-order valence-corrected chi connectivity index (χ4v) is 3.10. The van der Waals surface area contributed by atoms with E-state index in [4.69, 9.17) is 15.7 Å². The van der Waals surface area contributed by atoms with Crippen LogP contribution in [0.4, 0.5) is 17.6 Å². The Hall–Kier alpha value is -3.79. The third-order valence-corrected chi connectivity index (χ3v) is 4.83. The SMILES string of the molecule is N#Cc1ccc(Oc2ccc(C(F)(F)[C@@](O)(CNNC(N)=S)c3ccc(F)cc3F)nc2)cc1. The summed E-state index contributed by atoms with van der Waals surface area (Å²) in [5, 5.41) is 19.5. The molecule has 0 aliphatic heterocycles. The molecule has 3 rings (SSSR count). The van der Waals surface area contributed by atoms with E-state index in [1.165, 1.54) is 30.3 Å². The molecule has 0 unspecified atom stereocenters. The highest BCUT2D eigenvalue weighted by molar-refractivity contribution is 7.80. The molecule has 0 saturated heterocycles. The van der Waals surface area contributed by atoms with Gasteiger partial charge >= 0.3 is 5.92 Å². The summed E-state index contributed by atoms with van der Waals surface area (Å²) in [5.41, 5.74) is 5.03. The van der Waals surface area contributed by atoms with Crippen LogP contribution in [0.25, 0.3) is 0 Å². The maximum absolute atomic E-state index is 15.6. The van der Waals surface area contributed by atoms with Crippen molar-refractivity contribution in [3.8, 4) is 17.6 Å². The molecule has 0 fully saturated rings. The number of nitrogens with one attached hydrogen (secondary N) is 2. The maximum Gasteiger partial charge on any atom is 0.323 e. The van der Waals surface area contributed by atoms with E-state index < -0.39 is 41.0 Å². The molecular weight excluding hydrogens is 474 g/mol. The lowest BCUT2D eigenvalue weighted by molar-refractivity contribution is -0.197. The first-order valence-electron chi connectivity index (χ1n) is 9.55. The van der Waals surface area contributed by atoms with Crippen LogP contribution >= 0.6 is 12.2 Å². The lowest BCUT2D eigenvalue weighted by Crippen LogP contribution is -2.55. The van der Waals surface area contributed by atoms with Crippen LogP contribution < -0.4 is 21.3 Å². The van der Waals surface area contributed by atoms with Gasteiger partial charge in [-0.1, -0.05) is 6.07 Å². The molecule has 176 valence electrons. The molecule has 7 nitrogen and oxygen atoms in total. The summed E-state index contributed by atoms with van der Waals surface area (Å²) < 4.78 is 64.4. The molecule has 2 aromatic carbocycles. The highest BCUT2D eigenvalue weighted by Gasteiger charge is 2.57. The fraction of sp³-hybridized carbons (Fsp3) is 0.136. The van der Waals surface area contributed by atoms with Gasteiger partial charge in [0.15, 0.2) is 10.7 Å². The number of aromatic nitrogens is 1. The van der Waals surface area contributed by atoms with Gasteiger partial charge in [0, 0.05) is 11.6 Å².